The molecule has 2 rings (SSSR count). The first-order chi connectivity index (χ1) is 6.57. The lowest BCUT2D eigenvalue weighted by molar-refractivity contribution is 0.397. The minimum absolute atomic E-state index is 0.460. The van der Waals surface area contributed by atoms with E-state index in [2.05, 4.69) is 6.26 Å². The number of sulfonamides is 1. The molecule has 1 radical (unpaired) electrons. The summed E-state index contributed by atoms with van der Waals surface area (Å²) in [7, 11) is -3.29. The number of fused-ring (bicyclic) bond motifs is 1. The Bertz CT molecular complexity index is 439. The predicted octanol–water partition coefficient (Wildman–Crippen LogP) is 1.17. The molecule has 4 heteroatoms. The summed E-state index contributed by atoms with van der Waals surface area (Å²) in [6.45, 7) is 1.00. The molecule has 0 saturated heterocycles. The topological polar surface area (TPSA) is 37.4 Å². The van der Waals surface area contributed by atoms with Crippen molar-refractivity contribution in [1.82, 2.24) is 4.31 Å². The van der Waals surface area contributed by atoms with E-state index in [4.69, 9.17) is 0 Å². The number of hydrogen-bond donors (Lipinski definition) is 0. The van der Waals surface area contributed by atoms with Crippen molar-refractivity contribution in [3.05, 3.63) is 41.6 Å². The maximum Gasteiger partial charge on any atom is 0.215 e. The molecule has 1 aliphatic rings. The van der Waals surface area contributed by atoms with Crippen LogP contribution >= 0.6 is 0 Å². The maximum absolute atomic E-state index is 11.2. The van der Waals surface area contributed by atoms with Crippen molar-refractivity contribution in [3.8, 4) is 0 Å². The predicted molar refractivity (Wildman–Crippen MR) is 54.8 cm³/mol. The average molecular weight is 210 g/mol. The van der Waals surface area contributed by atoms with Gasteiger partial charge in [0.25, 0.3) is 0 Å². The van der Waals surface area contributed by atoms with Gasteiger partial charge in [-0.25, -0.2) is 8.42 Å². The van der Waals surface area contributed by atoms with E-state index in [1.807, 2.05) is 24.3 Å². The first kappa shape index (κ1) is 9.68. The van der Waals surface area contributed by atoms with E-state index in [1.165, 1.54) is 9.87 Å². The lowest BCUT2D eigenvalue weighted by atomic mass is 10.0. The van der Waals surface area contributed by atoms with Crippen molar-refractivity contribution in [2.75, 3.05) is 6.54 Å². The molecule has 0 bridgehead atoms. The van der Waals surface area contributed by atoms with E-state index >= 15 is 0 Å². The molecule has 0 amide bonds. The molecule has 14 heavy (non-hydrogen) atoms. The van der Waals surface area contributed by atoms with Crippen LogP contribution in [-0.4, -0.2) is 19.3 Å². The van der Waals surface area contributed by atoms with Crippen LogP contribution < -0.4 is 0 Å². The Morgan fingerprint density at radius 2 is 1.86 bits per heavy atom. The van der Waals surface area contributed by atoms with Crippen LogP contribution in [0.5, 0.6) is 0 Å². The normalized spacial score (nSPS) is 17.8. The Morgan fingerprint density at radius 1 is 1.21 bits per heavy atom. The summed E-state index contributed by atoms with van der Waals surface area (Å²) >= 11 is 0. The van der Waals surface area contributed by atoms with Gasteiger partial charge in [0.1, 0.15) is 0 Å². The highest BCUT2D eigenvalue weighted by Gasteiger charge is 2.22. The molecule has 0 N–H and O–H groups in total. The minimum Gasteiger partial charge on any atom is -0.212 e. The van der Waals surface area contributed by atoms with Crippen LogP contribution in [0.25, 0.3) is 0 Å². The summed E-state index contributed by atoms with van der Waals surface area (Å²) in [6.07, 6.45) is 3.95. The van der Waals surface area contributed by atoms with Gasteiger partial charge < -0.3 is 0 Å². The van der Waals surface area contributed by atoms with Crippen LogP contribution in [0.3, 0.4) is 0 Å². The summed E-state index contributed by atoms with van der Waals surface area (Å²) in [4.78, 5) is 0. The van der Waals surface area contributed by atoms with Crippen LogP contribution in [0.4, 0.5) is 0 Å². The van der Waals surface area contributed by atoms with Crippen molar-refractivity contribution in [2.24, 2.45) is 0 Å². The highest BCUT2D eigenvalue weighted by atomic mass is 32.2. The Kier molecular flexibility index (Phi) is 2.33. The van der Waals surface area contributed by atoms with Gasteiger partial charge in [-0.1, -0.05) is 24.3 Å². The molecule has 1 aliphatic heterocycles. The average Bonchev–Trinajstić information content (AvgIpc) is 2.16. The Balaban J connectivity index is 2.30. The zero-order valence-corrected chi connectivity index (χ0v) is 8.63. The molecule has 0 saturated carbocycles. The molecular weight excluding hydrogens is 198 g/mol. The third kappa shape index (κ3) is 1.81. The van der Waals surface area contributed by atoms with Crippen LogP contribution in [-0.2, 0) is 23.0 Å². The smallest absolute Gasteiger partial charge is 0.212 e. The van der Waals surface area contributed by atoms with Crippen molar-refractivity contribution in [1.29, 1.82) is 0 Å². The summed E-state index contributed by atoms with van der Waals surface area (Å²) in [5, 5.41) is 0. The molecule has 3 nitrogen and oxygen atoms in total. The number of benzene rings is 1. The highest BCUT2D eigenvalue weighted by Crippen LogP contribution is 2.20. The molecule has 1 aromatic carbocycles. The molecule has 75 valence electrons. The molecule has 0 spiro atoms. The third-order valence-electron chi connectivity index (χ3n) is 2.49. The Labute approximate surface area is 84.4 Å². The zero-order chi connectivity index (χ0) is 10.2. The molecule has 0 aromatic heterocycles. The largest absolute Gasteiger partial charge is 0.215 e. The quantitative estimate of drug-likeness (QED) is 0.697. The van der Waals surface area contributed by atoms with Crippen molar-refractivity contribution in [3.63, 3.8) is 0 Å². The van der Waals surface area contributed by atoms with Crippen molar-refractivity contribution in [2.45, 2.75) is 13.0 Å². The third-order valence-corrected chi connectivity index (χ3v) is 3.59. The van der Waals surface area contributed by atoms with Gasteiger partial charge in [0, 0.05) is 13.1 Å². The molecule has 0 atom stereocenters. The van der Waals surface area contributed by atoms with E-state index in [1.54, 1.807) is 0 Å². The van der Waals surface area contributed by atoms with Gasteiger partial charge in [0.15, 0.2) is 0 Å². The van der Waals surface area contributed by atoms with Gasteiger partial charge in [0.2, 0.25) is 10.0 Å². The maximum atomic E-state index is 11.2. The lowest BCUT2D eigenvalue weighted by Crippen LogP contribution is -2.34. The van der Waals surface area contributed by atoms with Crippen LogP contribution in [0.2, 0.25) is 0 Å². The van der Waals surface area contributed by atoms with E-state index in [-0.39, 0.29) is 0 Å². The van der Waals surface area contributed by atoms with Crippen LogP contribution in [0.15, 0.2) is 24.3 Å². The molecule has 0 aliphatic carbocycles. The molecule has 0 fully saturated rings. The second-order valence-corrected chi connectivity index (χ2v) is 5.14. The fraction of sp³-hybridized carbons (Fsp3) is 0.300. The Hall–Kier alpha value is -0.870. The van der Waals surface area contributed by atoms with Gasteiger partial charge in [-0.15, -0.1) is 0 Å². The van der Waals surface area contributed by atoms with E-state index in [0.29, 0.717) is 13.1 Å². The second-order valence-electron chi connectivity index (χ2n) is 3.46. The van der Waals surface area contributed by atoms with E-state index in [9.17, 15) is 8.42 Å². The van der Waals surface area contributed by atoms with E-state index < -0.39 is 10.0 Å². The van der Waals surface area contributed by atoms with Crippen molar-refractivity contribution >= 4 is 10.0 Å². The summed E-state index contributed by atoms with van der Waals surface area (Å²) in [5.74, 6) is 0. The fourth-order valence-electron chi connectivity index (χ4n) is 1.71. The lowest BCUT2D eigenvalue weighted by Gasteiger charge is -2.26. The van der Waals surface area contributed by atoms with Crippen molar-refractivity contribution < 1.29 is 8.42 Å². The molecule has 0 unspecified atom stereocenters. The first-order valence-electron chi connectivity index (χ1n) is 4.47. The minimum atomic E-state index is -3.29. The molecule has 1 heterocycles. The summed E-state index contributed by atoms with van der Waals surface area (Å²) in [6, 6.07) is 7.92. The number of nitrogens with zero attached hydrogens (tertiary/aromatic N) is 1. The van der Waals surface area contributed by atoms with E-state index in [0.717, 1.165) is 12.0 Å². The zero-order valence-electron chi connectivity index (χ0n) is 7.81. The van der Waals surface area contributed by atoms with Crippen LogP contribution in [0.1, 0.15) is 11.1 Å². The monoisotopic (exact) mass is 210 g/mol. The second kappa shape index (κ2) is 3.37. The molecule has 1 aromatic rings. The fourth-order valence-corrected chi connectivity index (χ4v) is 2.41. The van der Waals surface area contributed by atoms with Gasteiger partial charge in [-0.3, -0.25) is 0 Å². The highest BCUT2D eigenvalue weighted by molar-refractivity contribution is 7.90. The van der Waals surface area contributed by atoms with Gasteiger partial charge >= 0.3 is 0 Å². The first-order valence-corrected chi connectivity index (χ1v) is 6.08. The number of hydrogen-bond acceptors (Lipinski definition) is 2. The summed E-state index contributed by atoms with van der Waals surface area (Å²) in [5.41, 5.74) is 2.33. The SMILES string of the molecule is [CH2]S(=O)(=O)N1CCc2ccccc2C1. The summed E-state index contributed by atoms with van der Waals surface area (Å²) < 4.78 is 23.8. The Morgan fingerprint density at radius 3 is 2.50 bits per heavy atom. The van der Waals surface area contributed by atoms with Gasteiger partial charge in [-0.2, -0.15) is 4.31 Å². The van der Waals surface area contributed by atoms with Gasteiger partial charge in [0.05, 0.1) is 6.26 Å². The van der Waals surface area contributed by atoms with Gasteiger partial charge in [-0.05, 0) is 17.5 Å². The van der Waals surface area contributed by atoms with Crippen LogP contribution in [0, 0.1) is 6.26 Å². The number of rotatable bonds is 1. The molecular formula is C10H12NO2S. The standard InChI is InChI=1S/C10H12NO2S/c1-14(12,13)11-7-6-9-4-2-3-5-10(9)8-11/h2-5H,1,6-8H2.